The van der Waals surface area contributed by atoms with Crippen LogP contribution in [0.3, 0.4) is 0 Å². The number of benzene rings is 2. The van der Waals surface area contributed by atoms with Crippen molar-refractivity contribution in [1.29, 1.82) is 5.26 Å². The van der Waals surface area contributed by atoms with Gasteiger partial charge in [-0.15, -0.1) is 0 Å². The van der Waals surface area contributed by atoms with E-state index < -0.39 is 6.10 Å². The zero-order chi connectivity index (χ0) is 26.4. The molecule has 2 heterocycles. The Labute approximate surface area is 215 Å². The fraction of sp³-hybridized carbons (Fsp3) is 0.321. The lowest BCUT2D eigenvalue weighted by Gasteiger charge is -2.33. The fourth-order valence-electron chi connectivity index (χ4n) is 4.22. The minimum Gasteiger partial charge on any atom is -0.489 e. The second-order valence-electron chi connectivity index (χ2n) is 8.86. The number of hydrogen-bond acceptors (Lipinski definition) is 8. The van der Waals surface area contributed by atoms with Crippen molar-refractivity contribution in [1.82, 2.24) is 14.9 Å². The van der Waals surface area contributed by atoms with Crippen molar-refractivity contribution in [3.63, 3.8) is 0 Å². The van der Waals surface area contributed by atoms with Crippen molar-refractivity contribution in [2.45, 2.75) is 38.4 Å². The molecule has 1 atom stereocenters. The second-order valence-corrected chi connectivity index (χ2v) is 8.86. The zero-order valence-electron chi connectivity index (χ0n) is 20.8. The van der Waals surface area contributed by atoms with Gasteiger partial charge in [-0.3, -0.25) is 4.79 Å². The van der Waals surface area contributed by atoms with Gasteiger partial charge in [0.1, 0.15) is 29.9 Å². The molecule has 0 saturated carbocycles. The highest BCUT2D eigenvalue weighted by Crippen LogP contribution is 2.28. The lowest BCUT2D eigenvalue weighted by atomic mass is 10.0. The first kappa shape index (κ1) is 25.8. The Balaban J connectivity index is 1.44. The number of piperidine rings is 1. The van der Waals surface area contributed by atoms with E-state index >= 15 is 0 Å². The molecule has 1 fully saturated rings. The summed E-state index contributed by atoms with van der Waals surface area (Å²) in [6.07, 6.45) is 2.29. The molecule has 1 amide bonds. The lowest BCUT2D eigenvalue weighted by molar-refractivity contribution is -0.141. The monoisotopic (exact) mass is 500 g/mol. The predicted molar refractivity (Wildman–Crippen MR) is 135 cm³/mol. The van der Waals surface area contributed by atoms with E-state index in [4.69, 9.17) is 9.47 Å². The predicted octanol–water partition coefficient (Wildman–Crippen LogP) is 3.14. The van der Waals surface area contributed by atoms with E-state index in [9.17, 15) is 20.0 Å². The van der Waals surface area contributed by atoms with Crippen LogP contribution in [0.5, 0.6) is 5.75 Å². The summed E-state index contributed by atoms with van der Waals surface area (Å²) in [5.41, 5.74) is 3.28. The molecular weight excluding hydrogens is 472 g/mol. The van der Waals surface area contributed by atoms with E-state index in [2.05, 4.69) is 16.0 Å². The molecule has 0 bridgehead atoms. The van der Waals surface area contributed by atoms with Crippen molar-refractivity contribution in [2.24, 2.45) is 0 Å². The number of esters is 1. The third kappa shape index (κ3) is 6.29. The molecule has 9 heteroatoms. The minimum absolute atomic E-state index is 0.118. The lowest BCUT2D eigenvalue weighted by Crippen LogP contribution is -2.45. The number of carbonyl (C=O) groups excluding carboxylic acids is 2. The molecule has 37 heavy (non-hydrogen) atoms. The number of likely N-dealkylation sites (tertiary alicyclic amines) is 1. The number of aliphatic hydroxyl groups excluding tert-OH is 1. The maximum atomic E-state index is 12.0. The Bertz CT molecular complexity index is 1310. The highest BCUT2D eigenvalue weighted by Gasteiger charge is 2.26. The number of nitrogens with zero attached hydrogens (tertiary/aromatic N) is 4. The van der Waals surface area contributed by atoms with Crippen molar-refractivity contribution in [3.05, 3.63) is 77.2 Å². The molecule has 3 aromatic rings. The van der Waals surface area contributed by atoms with Gasteiger partial charge in [0.2, 0.25) is 0 Å². The minimum atomic E-state index is -1.01. The molecule has 0 unspecified atom stereocenters. The first-order chi connectivity index (χ1) is 17.9. The topological polar surface area (TPSA) is 126 Å². The first-order valence-corrected chi connectivity index (χ1v) is 12.0. The molecule has 1 N–H and O–H groups in total. The molecule has 4 rings (SSSR count). The summed E-state index contributed by atoms with van der Waals surface area (Å²) < 4.78 is 10.8. The number of aliphatic hydroxyl groups is 1. The number of carbonyl (C=O) groups is 2. The van der Waals surface area contributed by atoms with Gasteiger partial charge in [0.25, 0.3) is 5.91 Å². The molecule has 1 saturated heterocycles. The smallest absolute Gasteiger partial charge is 0.337 e. The summed E-state index contributed by atoms with van der Waals surface area (Å²) in [6.45, 7) is 2.48. The number of methoxy groups -OCH3 is 1. The number of hydrogen-bond donors (Lipinski definition) is 1. The van der Waals surface area contributed by atoms with Crippen LogP contribution in [0, 0.1) is 11.3 Å². The number of rotatable bonds is 7. The Hall–Kier alpha value is -4.29. The van der Waals surface area contributed by atoms with Crippen LogP contribution in [0.2, 0.25) is 0 Å². The molecule has 1 aliphatic heterocycles. The normalized spacial score (nSPS) is 14.5. The van der Waals surface area contributed by atoms with Gasteiger partial charge in [0.15, 0.2) is 0 Å². The Morgan fingerprint density at radius 3 is 2.54 bits per heavy atom. The van der Waals surface area contributed by atoms with Gasteiger partial charge in [0.05, 0.1) is 23.9 Å². The van der Waals surface area contributed by atoms with Gasteiger partial charge in [-0.1, -0.05) is 12.1 Å². The average molecular weight is 501 g/mol. The van der Waals surface area contributed by atoms with Crippen molar-refractivity contribution in [2.75, 3.05) is 20.2 Å². The third-order valence-electron chi connectivity index (χ3n) is 6.24. The summed E-state index contributed by atoms with van der Waals surface area (Å²) in [4.78, 5) is 34.3. The molecular formula is C28H28N4O5. The second kappa shape index (κ2) is 11.6. The van der Waals surface area contributed by atoms with Crippen LogP contribution in [0.4, 0.5) is 0 Å². The van der Waals surface area contributed by atoms with Crippen LogP contribution < -0.4 is 4.74 Å². The molecule has 0 aliphatic carbocycles. The average Bonchev–Trinajstić information content (AvgIpc) is 2.93. The largest absolute Gasteiger partial charge is 0.489 e. The number of nitriles is 1. The highest BCUT2D eigenvalue weighted by molar-refractivity contribution is 5.89. The molecule has 1 aliphatic rings. The molecule has 190 valence electrons. The number of ether oxygens (including phenoxy) is 2. The summed E-state index contributed by atoms with van der Waals surface area (Å²) >= 11 is 0. The number of aromatic nitrogens is 2. The zero-order valence-corrected chi connectivity index (χ0v) is 20.8. The van der Waals surface area contributed by atoms with Crippen LogP contribution in [-0.4, -0.2) is 64.3 Å². The highest BCUT2D eigenvalue weighted by atomic mass is 16.5. The fourth-order valence-corrected chi connectivity index (χ4v) is 4.22. The first-order valence-electron chi connectivity index (χ1n) is 12.0. The van der Waals surface area contributed by atoms with Crippen molar-refractivity contribution in [3.8, 4) is 23.1 Å². The van der Waals surface area contributed by atoms with Crippen molar-refractivity contribution < 1.29 is 24.2 Å². The standard InChI is InChI=1S/C28H28N4O5/c1-18(33)27(34)32-13-10-23(11-14-32)37-25-8-7-21(16-22(25)17-29)24-9-12-30-26(31-24)15-19-3-5-20(6-4-19)28(35)36-2/h3-9,12,16,18,23,33H,10-11,13-15H2,1-2H3/t18-/m0/s1. The Morgan fingerprint density at radius 2 is 1.89 bits per heavy atom. The van der Waals surface area contributed by atoms with Crippen LogP contribution in [0.25, 0.3) is 11.3 Å². The third-order valence-corrected chi connectivity index (χ3v) is 6.24. The van der Waals surface area contributed by atoms with Gasteiger partial charge in [-0.2, -0.15) is 5.26 Å². The van der Waals surface area contributed by atoms with Gasteiger partial charge < -0.3 is 19.5 Å². The van der Waals surface area contributed by atoms with Crippen LogP contribution in [0.15, 0.2) is 54.7 Å². The van der Waals surface area contributed by atoms with E-state index in [0.717, 1.165) is 11.1 Å². The maximum absolute atomic E-state index is 12.0. The van der Waals surface area contributed by atoms with E-state index in [1.54, 1.807) is 41.4 Å². The maximum Gasteiger partial charge on any atom is 0.337 e. The van der Waals surface area contributed by atoms with Gasteiger partial charge in [0, 0.05) is 44.1 Å². The van der Waals surface area contributed by atoms with Crippen LogP contribution >= 0.6 is 0 Å². The van der Waals surface area contributed by atoms with E-state index in [1.165, 1.54) is 14.0 Å². The van der Waals surface area contributed by atoms with Gasteiger partial charge >= 0.3 is 5.97 Å². The number of amides is 1. The molecule has 0 spiro atoms. The Morgan fingerprint density at radius 1 is 1.16 bits per heavy atom. The summed E-state index contributed by atoms with van der Waals surface area (Å²) in [5, 5.41) is 19.3. The molecule has 9 nitrogen and oxygen atoms in total. The molecule has 1 aromatic heterocycles. The Kier molecular flexibility index (Phi) is 8.11. The van der Waals surface area contributed by atoms with E-state index in [-0.39, 0.29) is 18.0 Å². The van der Waals surface area contributed by atoms with Gasteiger partial charge in [-0.05, 0) is 48.9 Å². The quantitative estimate of drug-likeness (QED) is 0.491. The van der Waals surface area contributed by atoms with E-state index in [0.29, 0.717) is 60.7 Å². The summed E-state index contributed by atoms with van der Waals surface area (Å²) in [5.74, 6) is 0.442. The molecule has 0 radical (unpaired) electrons. The molecule has 2 aromatic carbocycles. The SMILES string of the molecule is COC(=O)c1ccc(Cc2nccc(-c3ccc(OC4CCN(C(=O)[C@H](C)O)CC4)c(C#N)c3)n2)cc1. The van der Waals surface area contributed by atoms with Crippen LogP contribution in [-0.2, 0) is 16.0 Å². The summed E-state index contributed by atoms with van der Waals surface area (Å²) in [7, 11) is 1.35. The van der Waals surface area contributed by atoms with Crippen LogP contribution in [0.1, 0.15) is 47.1 Å². The van der Waals surface area contributed by atoms with Crippen molar-refractivity contribution >= 4 is 11.9 Å². The van der Waals surface area contributed by atoms with E-state index in [1.807, 2.05) is 18.2 Å². The summed E-state index contributed by atoms with van der Waals surface area (Å²) in [6, 6.07) is 16.5. The van der Waals surface area contributed by atoms with Gasteiger partial charge in [-0.25, -0.2) is 14.8 Å².